The first kappa shape index (κ1) is 17.1. The Morgan fingerprint density at radius 2 is 1.74 bits per heavy atom. The molecule has 0 aromatic heterocycles. The maximum absolute atomic E-state index is 12.5. The number of nitro benzene ring substituents is 1. The minimum atomic E-state index is -3.85. The van der Waals surface area contributed by atoms with Crippen LogP contribution < -0.4 is 4.72 Å². The van der Waals surface area contributed by atoms with Gasteiger partial charge in [-0.1, -0.05) is 36.4 Å². The molecule has 0 amide bonds. The zero-order chi connectivity index (χ0) is 17.1. The maximum atomic E-state index is 12.5. The molecule has 2 aromatic rings. The molecule has 2 rings (SSSR count). The van der Waals surface area contributed by atoms with Crippen LogP contribution in [0.5, 0.6) is 0 Å². The molecule has 0 fully saturated rings. The van der Waals surface area contributed by atoms with E-state index in [4.69, 9.17) is 0 Å². The van der Waals surface area contributed by atoms with Gasteiger partial charge in [-0.05, 0) is 31.9 Å². The molecule has 0 saturated carbocycles. The summed E-state index contributed by atoms with van der Waals surface area (Å²) < 4.78 is 27.6. The summed E-state index contributed by atoms with van der Waals surface area (Å²) in [5, 5.41) is 10.8. The largest absolute Gasteiger partial charge is 0.270 e. The third kappa shape index (κ3) is 4.61. The number of hydrogen-bond donors (Lipinski definition) is 1. The number of non-ortho nitro benzene ring substituents is 1. The molecule has 0 saturated heterocycles. The summed E-state index contributed by atoms with van der Waals surface area (Å²) in [7, 11) is -3.85. The highest BCUT2D eigenvalue weighted by Crippen LogP contribution is 2.20. The first-order valence-electron chi connectivity index (χ1n) is 7.02. The minimum Gasteiger partial charge on any atom is -0.258 e. The van der Waals surface area contributed by atoms with Crippen molar-refractivity contribution in [2.45, 2.75) is 30.7 Å². The number of hydrogen-bond acceptors (Lipinski definition) is 4. The van der Waals surface area contributed by atoms with E-state index in [1.165, 1.54) is 18.2 Å². The summed E-state index contributed by atoms with van der Waals surface area (Å²) in [6.07, 6.45) is 0.502. The predicted octanol–water partition coefficient (Wildman–Crippen LogP) is 2.89. The zero-order valence-corrected chi connectivity index (χ0v) is 13.7. The minimum absolute atomic E-state index is 0.118. The smallest absolute Gasteiger partial charge is 0.258 e. The molecule has 0 aliphatic heterocycles. The molecule has 0 heterocycles. The number of nitrogens with zero attached hydrogens (tertiary/aromatic N) is 1. The van der Waals surface area contributed by atoms with Crippen LogP contribution in [0.4, 0.5) is 5.69 Å². The van der Waals surface area contributed by atoms with E-state index in [0.717, 1.165) is 11.6 Å². The van der Waals surface area contributed by atoms with Crippen LogP contribution in [0.3, 0.4) is 0 Å². The second kappa shape index (κ2) is 6.47. The Balaban J connectivity index is 2.23. The number of rotatable bonds is 6. The van der Waals surface area contributed by atoms with Gasteiger partial charge in [-0.2, -0.15) is 0 Å². The molecule has 0 spiro atoms. The Hall–Kier alpha value is -2.25. The molecule has 2 aromatic carbocycles. The highest BCUT2D eigenvalue weighted by molar-refractivity contribution is 7.89. The summed E-state index contributed by atoms with van der Waals surface area (Å²) in [6, 6.07) is 14.5. The lowest BCUT2D eigenvalue weighted by atomic mass is 9.96. The molecule has 23 heavy (non-hydrogen) atoms. The SMILES string of the molecule is CC(C)(Cc1ccccc1)NS(=O)(=O)c1cccc([N+](=O)[O-])c1. The molecule has 0 aliphatic rings. The van der Waals surface area contributed by atoms with E-state index in [1.807, 2.05) is 30.3 Å². The fourth-order valence-corrected chi connectivity index (χ4v) is 3.78. The number of benzene rings is 2. The standard InChI is InChI=1S/C16H18N2O4S/c1-16(2,12-13-7-4-3-5-8-13)17-23(21,22)15-10-6-9-14(11-15)18(19)20/h3-11,17H,12H2,1-2H3. The lowest BCUT2D eigenvalue weighted by molar-refractivity contribution is -0.385. The summed E-state index contributed by atoms with van der Waals surface area (Å²) in [4.78, 5) is 10.1. The van der Waals surface area contributed by atoms with Crippen LogP contribution in [-0.4, -0.2) is 18.9 Å². The van der Waals surface area contributed by atoms with E-state index in [0.29, 0.717) is 6.42 Å². The molecule has 0 radical (unpaired) electrons. The van der Waals surface area contributed by atoms with Gasteiger partial charge in [0.2, 0.25) is 10.0 Å². The van der Waals surface area contributed by atoms with Gasteiger partial charge in [-0.25, -0.2) is 13.1 Å². The number of sulfonamides is 1. The van der Waals surface area contributed by atoms with Crippen molar-refractivity contribution in [3.05, 3.63) is 70.3 Å². The fraction of sp³-hybridized carbons (Fsp3) is 0.250. The van der Waals surface area contributed by atoms with Gasteiger partial charge < -0.3 is 0 Å². The van der Waals surface area contributed by atoms with Gasteiger partial charge in [0.1, 0.15) is 0 Å². The van der Waals surface area contributed by atoms with Crippen LogP contribution >= 0.6 is 0 Å². The molecule has 0 unspecified atom stereocenters. The molecular formula is C16H18N2O4S. The first-order valence-corrected chi connectivity index (χ1v) is 8.50. The lowest BCUT2D eigenvalue weighted by Crippen LogP contribution is -2.44. The monoisotopic (exact) mass is 334 g/mol. The van der Waals surface area contributed by atoms with Crippen LogP contribution in [0.25, 0.3) is 0 Å². The van der Waals surface area contributed by atoms with Crippen molar-refractivity contribution in [3.8, 4) is 0 Å². The van der Waals surface area contributed by atoms with Crippen molar-refractivity contribution in [3.63, 3.8) is 0 Å². The average Bonchev–Trinajstić information content (AvgIpc) is 2.46. The van der Waals surface area contributed by atoms with Gasteiger partial charge in [-0.3, -0.25) is 10.1 Å². The molecule has 6 nitrogen and oxygen atoms in total. The van der Waals surface area contributed by atoms with Gasteiger partial charge in [0.25, 0.3) is 5.69 Å². The maximum Gasteiger partial charge on any atom is 0.270 e. The Kier molecular flexibility index (Phi) is 4.82. The second-order valence-corrected chi connectivity index (χ2v) is 7.59. The first-order chi connectivity index (χ1) is 10.7. The second-order valence-electron chi connectivity index (χ2n) is 5.91. The summed E-state index contributed by atoms with van der Waals surface area (Å²) >= 11 is 0. The molecule has 0 bridgehead atoms. The van der Waals surface area contributed by atoms with E-state index in [2.05, 4.69) is 4.72 Å². The lowest BCUT2D eigenvalue weighted by Gasteiger charge is -2.26. The Morgan fingerprint density at radius 1 is 1.09 bits per heavy atom. The fourth-order valence-electron chi connectivity index (χ4n) is 2.33. The van der Waals surface area contributed by atoms with Gasteiger partial charge >= 0.3 is 0 Å². The van der Waals surface area contributed by atoms with Crippen molar-refractivity contribution in [1.82, 2.24) is 4.72 Å². The van der Waals surface area contributed by atoms with Gasteiger partial charge in [0.15, 0.2) is 0 Å². The predicted molar refractivity (Wildman–Crippen MR) is 87.6 cm³/mol. The number of nitro groups is 1. The van der Waals surface area contributed by atoms with Crippen LogP contribution in [0.1, 0.15) is 19.4 Å². The molecule has 0 aliphatic carbocycles. The van der Waals surface area contributed by atoms with E-state index in [9.17, 15) is 18.5 Å². The normalized spacial score (nSPS) is 12.1. The number of nitrogens with one attached hydrogen (secondary N) is 1. The van der Waals surface area contributed by atoms with Crippen molar-refractivity contribution >= 4 is 15.7 Å². The van der Waals surface area contributed by atoms with Crippen LogP contribution in [-0.2, 0) is 16.4 Å². The molecular weight excluding hydrogens is 316 g/mol. The topological polar surface area (TPSA) is 89.3 Å². The Morgan fingerprint density at radius 3 is 2.35 bits per heavy atom. The van der Waals surface area contributed by atoms with Crippen molar-refractivity contribution < 1.29 is 13.3 Å². The van der Waals surface area contributed by atoms with E-state index < -0.39 is 20.5 Å². The van der Waals surface area contributed by atoms with Crippen LogP contribution in [0.15, 0.2) is 59.5 Å². The highest BCUT2D eigenvalue weighted by Gasteiger charge is 2.27. The Labute approximate surface area is 135 Å². The summed E-state index contributed by atoms with van der Waals surface area (Å²) in [6.45, 7) is 3.55. The quantitative estimate of drug-likeness (QED) is 0.650. The van der Waals surface area contributed by atoms with Crippen LogP contribution in [0.2, 0.25) is 0 Å². The van der Waals surface area contributed by atoms with E-state index >= 15 is 0 Å². The van der Waals surface area contributed by atoms with Crippen molar-refractivity contribution in [1.29, 1.82) is 0 Å². The molecule has 0 atom stereocenters. The highest BCUT2D eigenvalue weighted by atomic mass is 32.2. The zero-order valence-electron chi connectivity index (χ0n) is 12.9. The third-order valence-electron chi connectivity index (χ3n) is 3.24. The van der Waals surface area contributed by atoms with E-state index in [-0.39, 0.29) is 10.6 Å². The average molecular weight is 334 g/mol. The molecule has 7 heteroatoms. The van der Waals surface area contributed by atoms with Crippen molar-refractivity contribution in [2.24, 2.45) is 0 Å². The molecule has 1 N–H and O–H groups in total. The van der Waals surface area contributed by atoms with Gasteiger partial charge in [0.05, 0.1) is 9.82 Å². The molecule has 122 valence electrons. The van der Waals surface area contributed by atoms with Gasteiger partial charge in [0, 0.05) is 17.7 Å². The summed E-state index contributed by atoms with van der Waals surface area (Å²) in [5.41, 5.74) is 0.0122. The summed E-state index contributed by atoms with van der Waals surface area (Å²) in [5.74, 6) is 0. The van der Waals surface area contributed by atoms with Gasteiger partial charge in [-0.15, -0.1) is 0 Å². The Bertz CT molecular complexity index is 802. The van der Waals surface area contributed by atoms with E-state index in [1.54, 1.807) is 13.8 Å². The van der Waals surface area contributed by atoms with Crippen molar-refractivity contribution in [2.75, 3.05) is 0 Å². The third-order valence-corrected chi connectivity index (χ3v) is 4.93. The van der Waals surface area contributed by atoms with Crippen LogP contribution in [0, 0.1) is 10.1 Å².